The molecule has 0 unspecified atom stereocenters. The van der Waals surface area contributed by atoms with Crippen molar-refractivity contribution in [3.05, 3.63) is 29.8 Å². The molecule has 146 valence electrons. The van der Waals surface area contributed by atoms with Crippen molar-refractivity contribution in [2.75, 3.05) is 59.1 Å². The summed E-state index contributed by atoms with van der Waals surface area (Å²) in [4.78, 5) is 7.03. The molecule has 2 rings (SSSR count). The largest absolute Gasteiger partial charge is 0.492 e. The van der Waals surface area contributed by atoms with E-state index in [2.05, 4.69) is 53.4 Å². The van der Waals surface area contributed by atoms with Crippen LogP contribution in [0.15, 0.2) is 29.3 Å². The highest BCUT2D eigenvalue weighted by molar-refractivity contribution is 5.79. The van der Waals surface area contributed by atoms with Crippen molar-refractivity contribution in [3.8, 4) is 5.75 Å². The summed E-state index contributed by atoms with van der Waals surface area (Å²) in [5.74, 6) is 2.30. The van der Waals surface area contributed by atoms with Gasteiger partial charge in [0.25, 0.3) is 0 Å². The van der Waals surface area contributed by atoms with Crippen LogP contribution in [0.5, 0.6) is 5.75 Å². The fourth-order valence-electron chi connectivity index (χ4n) is 2.76. The van der Waals surface area contributed by atoms with E-state index in [-0.39, 0.29) is 0 Å². The first-order valence-corrected chi connectivity index (χ1v) is 9.74. The van der Waals surface area contributed by atoms with E-state index < -0.39 is 0 Å². The molecular weight excluding hydrogens is 328 g/mol. The van der Waals surface area contributed by atoms with E-state index in [1.807, 2.05) is 12.1 Å². The number of guanidine groups is 1. The maximum absolute atomic E-state index is 5.80. The number of hydrogen-bond donors (Lipinski definition) is 2. The minimum atomic E-state index is 0.544. The zero-order chi connectivity index (χ0) is 18.6. The zero-order valence-electron chi connectivity index (χ0n) is 16.5. The summed E-state index contributed by atoms with van der Waals surface area (Å²) in [6, 6.07) is 8.34. The lowest BCUT2D eigenvalue weighted by atomic mass is 10.0. The number of rotatable bonds is 9. The number of benzene rings is 1. The Morgan fingerprint density at radius 3 is 2.58 bits per heavy atom. The molecule has 1 aliphatic heterocycles. The van der Waals surface area contributed by atoms with Crippen molar-refractivity contribution in [2.24, 2.45) is 4.99 Å². The lowest BCUT2D eigenvalue weighted by molar-refractivity contribution is 0.0394. The standard InChI is InChI=1S/C20H34N4O2/c1-4-21-20(22-9-11-24-12-15-25-16-13-24)23-10-14-26-19-7-5-18(6-8-19)17(2)3/h5-8,17H,4,9-16H2,1-3H3,(H2,21,22,23). The first-order valence-electron chi connectivity index (χ1n) is 9.74. The van der Waals surface area contributed by atoms with Gasteiger partial charge in [0.15, 0.2) is 5.96 Å². The summed E-state index contributed by atoms with van der Waals surface area (Å²) >= 11 is 0. The summed E-state index contributed by atoms with van der Waals surface area (Å²) in [5, 5.41) is 6.61. The molecule has 6 heteroatoms. The maximum Gasteiger partial charge on any atom is 0.191 e. The van der Waals surface area contributed by atoms with E-state index in [1.54, 1.807) is 0 Å². The van der Waals surface area contributed by atoms with Crippen LogP contribution in [-0.2, 0) is 4.74 Å². The van der Waals surface area contributed by atoms with Crippen LogP contribution >= 0.6 is 0 Å². The van der Waals surface area contributed by atoms with E-state index in [4.69, 9.17) is 9.47 Å². The van der Waals surface area contributed by atoms with Crippen LogP contribution in [0.1, 0.15) is 32.3 Å². The summed E-state index contributed by atoms with van der Waals surface area (Å²) < 4.78 is 11.2. The molecule has 0 radical (unpaired) electrons. The van der Waals surface area contributed by atoms with Gasteiger partial charge in [-0.1, -0.05) is 26.0 Å². The third kappa shape index (κ3) is 7.62. The monoisotopic (exact) mass is 362 g/mol. The molecule has 0 aliphatic carbocycles. The van der Waals surface area contributed by atoms with Gasteiger partial charge in [-0.2, -0.15) is 0 Å². The number of ether oxygens (including phenoxy) is 2. The molecule has 1 heterocycles. The smallest absolute Gasteiger partial charge is 0.191 e. The molecule has 1 fully saturated rings. The van der Waals surface area contributed by atoms with E-state index in [0.717, 1.165) is 64.2 Å². The predicted molar refractivity (Wildman–Crippen MR) is 107 cm³/mol. The van der Waals surface area contributed by atoms with Crippen molar-refractivity contribution in [2.45, 2.75) is 26.7 Å². The summed E-state index contributed by atoms with van der Waals surface area (Å²) in [6.45, 7) is 14.1. The molecule has 1 aromatic rings. The van der Waals surface area contributed by atoms with Crippen LogP contribution in [0.25, 0.3) is 0 Å². The zero-order valence-corrected chi connectivity index (χ0v) is 16.5. The minimum Gasteiger partial charge on any atom is -0.492 e. The molecule has 1 aliphatic rings. The van der Waals surface area contributed by atoms with Crippen LogP contribution in [0.3, 0.4) is 0 Å². The van der Waals surface area contributed by atoms with Gasteiger partial charge in [-0.05, 0) is 30.5 Å². The molecule has 0 aromatic heterocycles. The SMILES string of the molecule is CCNC(=NCCN1CCOCC1)NCCOc1ccc(C(C)C)cc1. The van der Waals surface area contributed by atoms with Gasteiger partial charge in [0.05, 0.1) is 26.3 Å². The number of aliphatic imine (C=N–C) groups is 1. The lowest BCUT2D eigenvalue weighted by Crippen LogP contribution is -2.41. The summed E-state index contributed by atoms with van der Waals surface area (Å²) in [7, 11) is 0. The minimum absolute atomic E-state index is 0.544. The molecule has 0 bridgehead atoms. The van der Waals surface area contributed by atoms with E-state index >= 15 is 0 Å². The first-order chi connectivity index (χ1) is 12.7. The number of hydrogen-bond acceptors (Lipinski definition) is 4. The van der Waals surface area contributed by atoms with E-state index in [1.165, 1.54) is 5.56 Å². The Kier molecular flexibility index (Phi) is 9.28. The van der Waals surface area contributed by atoms with Gasteiger partial charge in [-0.3, -0.25) is 9.89 Å². The van der Waals surface area contributed by atoms with Crippen LogP contribution in [0.4, 0.5) is 0 Å². The van der Waals surface area contributed by atoms with Crippen LogP contribution in [0, 0.1) is 0 Å². The summed E-state index contributed by atoms with van der Waals surface area (Å²) in [5.41, 5.74) is 1.33. The van der Waals surface area contributed by atoms with E-state index in [0.29, 0.717) is 12.5 Å². The second-order valence-electron chi connectivity index (χ2n) is 6.71. The molecule has 26 heavy (non-hydrogen) atoms. The van der Waals surface area contributed by atoms with Crippen molar-refractivity contribution in [1.29, 1.82) is 0 Å². The molecule has 2 N–H and O–H groups in total. The molecule has 0 amide bonds. The van der Waals surface area contributed by atoms with Crippen molar-refractivity contribution >= 4 is 5.96 Å². The first kappa shape index (κ1) is 20.5. The van der Waals surface area contributed by atoms with Crippen LogP contribution in [-0.4, -0.2) is 69.9 Å². The third-order valence-electron chi connectivity index (χ3n) is 4.34. The fraction of sp³-hybridized carbons (Fsp3) is 0.650. The average Bonchev–Trinajstić information content (AvgIpc) is 2.66. The second kappa shape index (κ2) is 11.8. The Morgan fingerprint density at radius 2 is 1.92 bits per heavy atom. The third-order valence-corrected chi connectivity index (χ3v) is 4.34. The molecule has 1 aromatic carbocycles. The summed E-state index contributed by atoms with van der Waals surface area (Å²) in [6.07, 6.45) is 0. The number of morpholine rings is 1. The van der Waals surface area contributed by atoms with Gasteiger partial charge < -0.3 is 20.1 Å². The molecule has 0 atom stereocenters. The van der Waals surface area contributed by atoms with Gasteiger partial charge in [0, 0.05) is 26.2 Å². The molecule has 1 saturated heterocycles. The van der Waals surface area contributed by atoms with Gasteiger partial charge in [-0.15, -0.1) is 0 Å². The van der Waals surface area contributed by atoms with E-state index in [9.17, 15) is 0 Å². The average molecular weight is 363 g/mol. The Labute approximate surface area is 158 Å². The molecule has 6 nitrogen and oxygen atoms in total. The molecule has 0 saturated carbocycles. The second-order valence-corrected chi connectivity index (χ2v) is 6.71. The molecular formula is C20H34N4O2. The van der Waals surface area contributed by atoms with Gasteiger partial charge in [0.2, 0.25) is 0 Å². The van der Waals surface area contributed by atoms with Crippen molar-refractivity contribution in [3.63, 3.8) is 0 Å². The van der Waals surface area contributed by atoms with Crippen molar-refractivity contribution < 1.29 is 9.47 Å². The Bertz CT molecular complexity index is 525. The Hall–Kier alpha value is -1.79. The topological polar surface area (TPSA) is 58.1 Å². The highest BCUT2D eigenvalue weighted by Gasteiger charge is 2.09. The normalized spacial score (nSPS) is 15.9. The van der Waals surface area contributed by atoms with Gasteiger partial charge in [0.1, 0.15) is 12.4 Å². The van der Waals surface area contributed by atoms with Crippen LogP contribution in [0.2, 0.25) is 0 Å². The lowest BCUT2D eigenvalue weighted by Gasteiger charge is -2.25. The molecule has 0 spiro atoms. The van der Waals surface area contributed by atoms with Crippen LogP contribution < -0.4 is 15.4 Å². The quantitative estimate of drug-likeness (QED) is 0.400. The van der Waals surface area contributed by atoms with Gasteiger partial charge >= 0.3 is 0 Å². The maximum atomic E-state index is 5.80. The van der Waals surface area contributed by atoms with Crippen molar-refractivity contribution in [1.82, 2.24) is 15.5 Å². The number of nitrogens with one attached hydrogen (secondary N) is 2. The fourth-order valence-corrected chi connectivity index (χ4v) is 2.76. The highest BCUT2D eigenvalue weighted by Crippen LogP contribution is 2.18. The Balaban J connectivity index is 1.67. The predicted octanol–water partition coefficient (Wildman–Crippen LogP) is 2.08. The highest BCUT2D eigenvalue weighted by atomic mass is 16.5. The Morgan fingerprint density at radius 1 is 1.19 bits per heavy atom. The van der Waals surface area contributed by atoms with Gasteiger partial charge in [-0.25, -0.2) is 0 Å². The number of nitrogens with zero attached hydrogens (tertiary/aromatic N) is 2.